The molecular formula is C64H65BrClF7N12O9. The smallest absolute Gasteiger partial charge is 0.416 e. The van der Waals surface area contributed by atoms with Crippen LogP contribution in [0.2, 0.25) is 5.02 Å². The van der Waals surface area contributed by atoms with Crippen LogP contribution in [0.15, 0.2) is 90.2 Å². The maximum Gasteiger partial charge on any atom is 0.416 e. The number of alkyl halides is 3. The van der Waals surface area contributed by atoms with Crippen LogP contribution in [0.25, 0.3) is 33.1 Å². The number of nitrogens with one attached hydrogen (secondary N) is 3. The second-order valence-corrected chi connectivity index (χ2v) is 25.7. The first-order valence-corrected chi connectivity index (χ1v) is 31.6. The van der Waals surface area contributed by atoms with E-state index >= 15 is 0 Å². The molecule has 30 heteroatoms. The van der Waals surface area contributed by atoms with Crippen LogP contribution in [0.4, 0.5) is 47.8 Å². The summed E-state index contributed by atoms with van der Waals surface area (Å²) < 4.78 is 122. The molecule has 15 N–H and O–H groups in total. The second-order valence-electron chi connectivity index (χ2n) is 24.3. The summed E-state index contributed by atoms with van der Waals surface area (Å²) in [5, 5.41) is 74.2. The number of halogens is 9. The van der Waals surface area contributed by atoms with E-state index in [2.05, 4.69) is 52.9 Å². The van der Waals surface area contributed by atoms with Gasteiger partial charge in [-0.05, 0) is 98.1 Å². The van der Waals surface area contributed by atoms with Crippen molar-refractivity contribution in [2.75, 3.05) is 36.8 Å². The summed E-state index contributed by atoms with van der Waals surface area (Å²) in [5.74, 6) is -1.11. The maximum atomic E-state index is 14.5. The van der Waals surface area contributed by atoms with E-state index in [0.717, 1.165) is 41.3 Å². The molecule has 3 aliphatic heterocycles. The van der Waals surface area contributed by atoms with Gasteiger partial charge in [0.2, 0.25) is 0 Å². The molecule has 498 valence electrons. The first-order chi connectivity index (χ1) is 44.9. The molecule has 0 radical (unpaired) electrons. The summed E-state index contributed by atoms with van der Waals surface area (Å²) in [6.07, 6.45) is -4.22. The van der Waals surface area contributed by atoms with Crippen molar-refractivity contribution in [3.8, 4) is 17.2 Å². The Morgan fingerprint density at radius 1 is 0.500 bits per heavy atom. The average Bonchev–Trinajstić information content (AvgIpc) is 1.75. The van der Waals surface area contributed by atoms with E-state index in [4.69, 9.17) is 43.0 Å². The number of hydrogen-bond donors (Lipinski definition) is 12. The molecular weight excluding hydrogens is 1330 g/mol. The highest BCUT2D eigenvalue weighted by atomic mass is 79.9. The van der Waals surface area contributed by atoms with Gasteiger partial charge in [0.05, 0.1) is 44.9 Å². The highest BCUT2D eigenvalue weighted by molar-refractivity contribution is 9.10. The standard InChI is InChI=1S/C22H22F4N4O3.C21H22BrFN4O3.C21H21ClF2N4O3/c23-13-9-30(21-18(13)14(27)2-4-29-21)15-7-17(20(32)19(15)31)33-16-6-11(22(24,25)26)5-10-1-3-28-8-12(10)16;22-11-5-10-1-3-25-8-12(10)16(6-11)30-17-7-15(19(28)20(17)29)27-9-13(23)18-14(24)2-4-26-21(18)27;22-11-5-15(10-7-26-3-1-9(10)18(11)24)31-16-6-14(19(29)20(16)30)28-8-12(23)17-13(25)2-4-27-21(17)28/h2,4-6,9,15,17,19-20,28,31-32H,1,3,7-8H2,(H2,27,29);2,4-6,9,15,17,19-20,25,28-29H,1,3,7-8H2,(H2,24,26);2,4-5,8,14,16,19-20,26,29-30H,1,3,6-7H2,(H2,25,27)/t2*15-,17+,19+,20-;14-,16+,19+,20-/m111/s1. The van der Waals surface area contributed by atoms with Crippen LogP contribution in [0, 0.1) is 23.3 Å². The lowest BCUT2D eigenvalue weighted by atomic mass is 9.97. The first kappa shape index (κ1) is 65.1. The minimum absolute atomic E-state index is 0.00911. The Labute approximate surface area is 544 Å². The molecule has 3 fully saturated rings. The summed E-state index contributed by atoms with van der Waals surface area (Å²) in [7, 11) is 0. The van der Waals surface area contributed by atoms with Crippen molar-refractivity contribution in [1.29, 1.82) is 0 Å². The summed E-state index contributed by atoms with van der Waals surface area (Å²) >= 11 is 9.58. The van der Waals surface area contributed by atoms with Crippen LogP contribution < -0.4 is 47.4 Å². The number of aromatic nitrogens is 6. The number of hydrogen-bond acceptors (Lipinski definition) is 18. The van der Waals surface area contributed by atoms with E-state index in [9.17, 15) is 61.4 Å². The molecule has 0 unspecified atom stereocenters. The molecule has 0 spiro atoms. The summed E-state index contributed by atoms with van der Waals surface area (Å²) in [5.41, 5.74) is 22.8. The van der Waals surface area contributed by atoms with E-state index in [1.807, 2.05) is 6.07 Å². The van der Waals surface area contributed by atoms with E-state index in [1.165, 1.54) is 69.9 Å². The molecule has 0 saturated heterocycles. The molecule has 0 amide bonds. The Balaban J connectivity index is 0.000000128. The minimum atomic E-state index is -4.55. The molecule has 94 heavy (non-hydrogen) atoms. The van der Waals surface area contributed by atoms with Crippen molar-refractivity contribution in [1.82, 2.24) is 44.6 Å². The monoisotopic (exact) mass is 1390 g/mol. The zero-order valence-corrected chi connectivity index (χ0v) is 52.1. The number of aliphatic hydroxyl groups is 6. The fraction of sp³-hybridized carbons (Fsp3) is 0.391. The largest absolute Gasteiger partial charge is 0.487 e. The van der Waals surface area contributed by atoms with Gasteiger partial charge in [-0.25, -0.2) is 32.5 Å². The summed E-state index contributed by atoms with van der Waals surface area (Å²) in [6.45, 7) is 3.49. The minimum Gasteiger partial charge on any atom is -0.487 e. The van der Waals surface area contributed by atoms with Crippen molar-refractivity contribution in [3.63, 3.8) is 0 Å². The van der Waals surface area contributed by atoms with Crippen LogP contribution in [0.1, 0.15) is 76.3 Å². The van der Waals surface area contributed by atoms with Gasteiger partial charge in [0.15, 0.2) is 17.5 Å². The quantitative estimate of drug-likeness (QED) is 0.0640. The molecule has 3 aromatic carbocycles. The van der Waals surface area contributed by atoms with Gasteiger partial charge < -0.3 is 91.7 Å². The van der Waals surface area contributed by atoms with E-state index in [-0.39, 0.29) is 68.1 Å². The van der Waals surface area contributed by atoms with Gasteiger partial charge in [-0.15, -0.1) is 0 Å². The second kappa shape index (κ2) is 25.9. The molecule has 15 rings (SSSR count). The van der Waals surface area contributed by atoms with Crippen LogP contribution in [0.3, 0.4) is 0 Å². The third kappa shape index (κ3) is 12.0. The number of nitrogen functional groups attached to an aromatic ring is 3. The van der Waals surface area contributed by atoms with Crippen LogP contribution in [-0.2, 0) is 45.1 Å². The third-order valence-electron chi connectivity index (χ3n) is 18.7. The molecule has 9 aromatic rings. The lowest BCUT2D eigenvalue weighted by Gasteiger charge is -2.25. The van der Waals surface area contributed by atoms with E-state index in [0.29, 0.717) is 91.4 Å². The molecule has 3 saturated carbocycles. The van der Waals surface area contributed by atoms with Gasteiger partial charge in [-0.3, -0.25) is 0 Å². The van der Waals surface area contributed by atoms with Gasteiger partial charge in [-0.1, -0.05) is 27.5 Å². The Kier molecular flexibility index (Phi) is 17.9. The van der Waals surface area contributed by atoms with Crippen molar-refractivity contribution in [2.24, 2.45) is 0 Å². The van der Waals surface area contributed by atoms with Crippen LogP contribution >= 0.6 is 27.5 Å². The van der Waals surface area contributed by atoms with Crippen molar-refractivity contribution >= 4 is 77.7 Å². The summed E-state index contributed by atoms with van der Waals surface area (Å²) in [4.78, 5) is 12.6. The predicted molar refractivity (Wildman–Crippen MR) is 336 cm³/mol. The van der Waals surface area contributed by atoms with Gasteiger partial charge in [0, 0.05) is 120 Å². The lowest BCUT2D eigenvalue weighted by molar-refractivity contribution is -0.137. The number of fused-ring (bicyclic) bond motifs is 6. The molecule has 21 nitrogen and oxygen atoms in total. The molecule has 9 heterocycles. The van der Waals surface area contributed by atoms with Gasteiger partial charge >= 0.3 is 6.18 Å². The van der Waals surface area contributed by atoms with Crippen molar-refractivity contribution in [2.45, 2.75) is 137 Å². The zero-order valence-electron chi connectivity index (χ0n) is 49.7. The Morgan fingerprint density at radius 2 is 0.872 bits per heavy atom. The van der Waals surface area contributed by atoms with E-state index < -0.39 is 108 Å². The normalized spacial score (nSPS) is 25.7. The topological polar surface area (TPSA) is 317 Å². The fourth-order valence-corrected chi connectivity index (χ4v) is 14.6. The first-order valence-electron chi connectivity index (χ1n) is 30.4. The number of nitrogens with two attached hydrogens (primary N) is 3. The number of ether oxygens (including phenoxy) is 3. The Bertz CT molecular complexity index is 4370. The number of nitrogens with zero attached hydrogens (tertiary/aromatic N) is 6. The molecule has 12 atom stereocenters. The van der Waals surface area contributed by atoms with Crippen molar-refractivity contribution < 1.29 is 75.6 Å². The highest BCUT2D eigenvalue weighted by Crippen LogP contribution is 2.45. The third-order valence-corrected chi connectivity index (χ3v) is 19.4. The SMILES string of the molecule is Nc1ccnc2c1c(F)cn2[C@@H]1C[C@H](Oc2cc(Br)cc3c2CNCC3)[C@@H](O)[C@H]1O.Nc1ccnc2c1c(F)cn2[C@@H]1C[C@H](Oc2cc(C(F)(F)F)cc3c2CNCC3)[C@@H](O)[C@H]1O.Nc1ccnc2c1c(F)cn2[C@@H]1C[C@H](Oc2cc(Cl)c(F)c3c2CNCC3)[C@@H](O)[C@H]1O. The summed E-state index contributed by atoms with van der Waals surface area (Å²) in [6, 6.07) is 9.78. The molecule has 6 aliphatic rings. The fourth-order valence-electron chi connectivity index (χ4n) is 13.9. The number of pyridine rings is 3. The number of benzene rings is 3. The van der Waals surface area contributed by atoms with E-state index in [1.54, 1.807) is 4.57 Å². The average molecular weight is 1390 g/mol. The maximum absolute atomic E-state index is 14.5. The van der Waals surface area contributed by atoms with Gasteiger partial charge in [-0.2, -0.15) is 13.2 Å². The zero-order chi connectivity index (χ0) is 66.3. The molecule has 0 bridgehead atoms. The number of rotatable bonds is 9. The number of anilines is 3. The van der Waals surface area contributed by atoms with Gasteiger partial charge in [0.1, 0.15) is 94.9 Å². The predicted octanol–water partition coefficient (Wildman–Crippen LogP) is 7.13. The van der Waals surface area contributed by atoms with Crippen molar-refractivity contribution in [3.05, 3.63) is 157 Å². The lowest BCUT2D eigenvalue weighted by Crippen LogP contribution is -2.35. The van der Waals surface area contributed by atoms with Crippen LogP contribution in [-0.4, -0.2) is 134 Å². The number of aliphatic hydroxyl groups excluding tert-OH is 6. The highest BCUT2D eigenvalue weighted by Gasteiger charge is 2.48. The van der Waals surface area contributed by atoms with Crippen LogP contribution in [0.5, 0.6) is 17.2 Å². The van der Waals surface area contributed by atoms with Gasteiger partial charge in [0.25, 0.3) is 0 Å². The Morgan fingerprint density at radius 3 is 1.29 bits per heavy atom. The molecule has 6 aromatic heterocycles. The Hall–Kier alpha value is -7.55. The molecule has 3 aliphatic carbocycles.